The number of aromatic nitrogens is 2. The van der Waals surface area contributed by atoms with Crippen LogP contribution in [0.25, 0.3) is 11.5 Å². The van der Waals surface area contributed by atoms with Gasteiger partial charge in [-0.15, -0.1) is 11.8 Å². The van der Waals surface area contributed by atoms with E-state index in [2.05, 4.69) is 24.0 Å². The van der Waals surface area contributed by atoms with Gasteiger partial charge in [0.2, 0.25) is 0 Å². The minimum absolute atomic E-state index is 0.306. The van der Waals surface area contributed by atoms with Crippen LogP contribution in [-0.2, 0) is 0 Å². The lowest BCUT2D eigenvalue weighted by atomic mass is 10.1. The van der Waals surface area contributed by atoms with Crippen molar-refractivity contribution in [2.45, 2.75) is 36.5 Å². The first-order chi connectivity index (χ1) is 10.0. The second-order valence-electron chi connectivity index (χ2n) is 5.40. The molecule has 0 amide bonds. The minimum atomic E-state index is 0.306. The van der Waals surface area contributed by atoms with Crippen LogP contribution in [0, 0.1) is 6.92 Å². The number of hydrogen-bond acceptors (Lipinski definition) is 6. The Morgan fingerprint density at radius 3 is 2.86 bits per heavy atom. The van der Waals surface area contributed by atoms with Crippen molar-refractivity contribution in [1.82, 2.24) is 10.1 Å². The predicted octanol–water partition coefficient (Wildman–Crippen LogP) is 3.93. The highest BCUT2D eigenvalue weighted by molar-refractivity contribution is 8.07. The lowest BCUT2D eigenvalue weighted by Gasteiger charge is -2.29. The maximum absolute atomic E-state index is 5.85. The van der Waals surface area contributed by atoms with Gasteiger partial charge in [-0.2, -0.15) is 16.7 Å². The molecule has 0 bridgehead atoms. The number of benzene rings is 1. The number of hydrogen-bond donors (Lipinski definition) is 1. The second-order valence-corrected chi connectivity index (χ2v) is 8.40. The van der Waals surface area contributed by atoms with Gasteiger partial charge in [0, 0.05) is 27.5 Å². The first-order valence-electron chi connectivity index (χ1n) is 7.01. The highest BCUT2D eigenvalue weighted by atomic mass is 32.2. The van der Waals surface area contributed by atoms with Gasteiger partial charge in [0.1, 0.15) is 0 Å². The monoisotopic (exact) mass is 321 g/mol. The molecule has 3 unspecified atom stereocenters. The van der Waals surface area contributed by atoms with Crippen molar-refractivity contribution in [3.05, 3.63) is 29.6 Å². The van der Waals surface area contributed by atoms with Crippen molar-refractivity contribution in [3.8, 4) is 11.5 Å². The molecule has 1 saturated heterocycles. The van der Waals surface area contributed by atoms with Crippen molar-refractivity contribution in [2.75, 3.05) is 11.5 Å². The molecule has 0 saturated carbocycles. The summed E-state index contributed by atoms with van der Waals surface area (Å²) in [5.74, 6) is 2.39. The summed E-state index contributed by atoms with van der Waals surface area (Å²) in [6.45, 7) is 6.56. The molecule has 1 aliphatic rings. The van der Waals surface area contributed by atoms with Crippen LogP contribution in [0.15, 0.2) is 22.7 Å². The number of anilines is 1. The average molecular weight is 321 g/mol. The first kappa shape index (κ1) is 14.8. The fraction of sp³-hybridized carbons (Fsp3) is 0.467. The first-order valence-corrected chi connectivity index (χ1v) is 9.01. The van der Waals surface area contributed by atoms with Crippen LogP contribution in [0.1, 0.15) is 30.5 Å². The normalized spacial score (nSPS) is 26.0. The minimum Gasteiger partial charge on any atom is -0.399 e. The van der Waals surface area contributed by atoms with Gasteiger partial charge in [-0.05, 0) is 24.6 Å². The van der Waals surface area contributed by atoms with Crippen molar-refractivity contribution in [3.63, 3.8) is 0 Å². The second kappa shape index (κ2) is 5.93. The largest absolute Gasteiger partial charge is 0.399 e. The van der Waals surface area contributed by atoms with Crippen LogP contribution < -0.4 is 5.73 Å². The molecule has 0 radical (unpaired) electrons. The van der Waals surface area contributed by atoms with Gasteiger partial charge < -0.3 is 10.3 Å². The van der Waals surface area contributed by atoms with E-state index in [-0.39, 0.29) is 0 Å². The maximum Gasteiger partial charge on any atom is 0.258 e. The predicted molar refractivity (Wildman–Crippen MR) is 90.6 cm³/mol. The van der Waals surface area contributed by atoms with Crippen LogP contribution in [-0.4, -0.2) is 26.4 Å². The highest BCUT2D eigenvalue weighted by Gasteiger charge is 2.30. The molecule has 2 aromatic rings. The van der Waals surface area contributed by atoms with Crippen LogP contribution in [0.4, 0.5) is 5.69 Å². The molecule has 6 heteroatoms. The third-order valence-electron chi connectivity index (χ3n) is 3.77. The van der Waals surface area contributed by atoms with Gasteiger partial charge in [0.15, 0.2) is 5.82 Å². The molecule has 2 N–H and O–H groups in total. The van der Waals surface area contributed by atoms with Crippen molar-refractivity contribution >= 4 is 29.2 Å². The smallest absolute Gasteiger partial charge is 0.258 e. The van der Waals surface area contributed by atoms with Gasteiger partial charge >= 0.3 is 0 Å². The fourth-order valence-electron chi connectivity index (χ4n) is 2.26. The van der Waals surface area contributed by atoms with Gasteiger partial charge in [0.05, 0.1) is 5.25 Å². The molecule has 0 spiro atoms. The Bertz CT molecular complexity index is 644. The van der Waals surface area contributed by atoms with Crippen LogP contribution in [0.5, 0.6) is 0 Å². The molecule has 3 rings (SSSR count). The summed E-state index contributed by atoms with van der Waals surface area (Å²) in [6, 6.07) is 5.75. The zero-order valence-corrected chi connectivity index (χ0v) is 14.0. The van der Waals surface area contributed by atoms with E-state index in [1.54, 1.807) is 0 Å². The summed E-state index contributed by atoms with van der Waals surface area (Å²) < 4.78 is 5.46. The number of nitrogens with zero attached hydrogens (tertiary/aromatic N) is 2. The van der Waals surface area contributed by atoms with Crippen LogP contribution >= 0.6 is 23.5 Å². The molecule has 21 heavy (non-hydrogen) atoms. The third-order valence-corrected chi connectivity index (χ3v) is 7.16. The summed E-state index contributed by atoms with van der Waals surface area (Å²) in [5.41, 5.74) is 8.57. The Hall–Kier alpha value is -1.14. The van der Waals surface area contributed by atoms with Gasteiger partial charge in [-0.25, -0.2) is 0 Å². The number of thioether (sulfide) groups is 2. The molecule has 2 heterocycles. The van der Waals surface area contributed by atoms with E-state index < -0.39 is 0 Å². The Labute approximate surface area is 133 Å². The fourth-order valence-corrected chi connectivity index (χ4v) is 5.10. The summed E-state index contributed by atoms with van der Waals surface area (Å²) >= 11 is 3.91. The Kier molecular flexibility index (Phi) is 4.17. The molecule has 3 atom stereocenters. The van der Waals surface area contributed by atoms with E-state index >= 15 is 0 Å². The summed E-state index contributed by atoms with van der Waals surface area (Å²) in [6.07, 6.45) is 0. The number of nitrogens with two attached hydrogens (primary N) is 1. The number of aryl methyl sites for hydroxylation is 1. The SMILES string of the molecule is Cc1ccc(N)cc1-c1nc(C2CSC(C)C(C)S2)no1. The standard InChI is InChI=1S/C15H19N3OS2/c1-8-4-5-11(16)6-12(8)15-17-14(18-19-15)13-7-20-9(2)10(3)21-13/h4-6,9-10,13H,7,16H2,1-3H3. The van der Waals surface area contributed by atoms with Crippen molar-refractivity contribution in [2.24, 2.45) is 0 Å². The van der Waals surface area contributed by atoms with Crippen molar-refractivity contribution < 1.29 is 4.52 Å². The lowest BCUT2D eigenvalue weighted by Crippen LogP contribution is -2.22. The molecule has 4 nitrogen and oxygen atoms in total. The van der Waals surface area contributed by atoms with Gasteiger partial charge in [-0.3, -0.25) is 0 Å². The van der Waals surface area contributed by atoms with E-state index in [4.69, 9.17) is 10.3 Å². The molecule has 1 aliphatic heterocycles. The summed E-state index contributed by atoms with van der Waals surface area (Å²) in [4.78, 5) is 4.60. The lowest BCUT2D eigenvalue weighted by molar-refractivity contribution is 0.422. The zero-order valence-electron chi connectivity index (χ0n) is 12.4. The van der Waals surface area contributed by atoms with Gasteiger partial charge in [-0.1, -0.05) is 25.1 Å². The quantitative estimate of drug-likeness (QED) is 0.846. The van der Waals surface area contributed by atoms with Crippen LogP contribution in [0.2, 0.25) is 0 Å². The molecule has 1 aromatic heterocycles. The summed E-state index contributed by atoms with van der Waals surface area (Å²) in [5, 5.41) is 5.77. The molecular formula is C15H19N3OS2. The molecule has 1 aromatic carbocycles. The van der Waals surface area contributed by atoms with Gasteiger partial charge in [0.25, 0.3) is 5.89 Å². The molecule has 112 valence electrons. The van der Waals surface area contributed by atoms with Crippen LogP contribution in [0.3, 0.4) is 0 Å². The van der Waals surface area contributed by atoms with E-state index in [1.165, 1.54) is 0 Å². The maximum atomic E-state index is 5.85. The molecule has 0 aliphatic carbocycles. The highest BCUT2D eigenvalue weighted by Crippen LogP contribution is 2.43. The zero-order chi connectivity index (χ0) is 15.0. The number of nitrogen functional groups attached to an aromatic ring is 1. The Morgan fingerprint density at radius 1 is 1.29 bits per heavy atom. The van der Waals surface area contributed by atoms with E-state index in [9.17, 15) is 0 Å². The van der Waals surface area contributed by atoms with E-state index in [1.807, 2.05) is 48.6 Å². The average Bonchev–Trinajstić information content (AvgIpc) is 2.94. The Balaban J connectivity index is 1.85. The summed E-state index contributed by atoms with van der Waals surface area (Å²) in [7, 11) is 0. The topological polar surface area (TPSA) is 64.9 Å². The third kappa shape index (κ3) is 3.06. The Morgan fingerprint density at radius 2 is 2.10 bits per heavy atom. The van der Waals surface area contributed by atoms with Crippen molar-refractivity contribution in [1.29, 1.82) is 0 Å². The molecule has 1 fully saturated rings. The molecular weight excluding hydrogens is 302 g/mol. The van der Waals surface area contributed by atoms with E-state index in [0.29, 0.717) is 27.3 Å². The number of rotatable bonds is 2. The van der Waals surface area contributed by atoms with E-state index in [0.717, 1.165) is 22.7 Å².